The fourth-order valence-corrected chi connectivity index (χ4v) is 3.70. The summed E-state index contributed by atoms with van der Waals surface area (Å²) >= 11 is 1.02. The number of nitrogens with two attached hydrogens (primary N) is 1. The average molecular weight is 453 g/mol. The van der Waals surface area contributed by atoms with Gasteiger partial charge in [-0.25, -0.2) is 14.2 Å². The summed E-state index contributed by atoms with van der Waals surface area (Å²) in [6.45, 7) is -0.986. The van der Waals surface area contributed by atoms with Crippen LogP contribution in [-0.2, 0) is 19.2 Å². The molecule has 2 amide bonds. The average Bonchev–Trinajstić information content (AvgIpc) is 3.37. The van der Waals surface area contributed by atoms with E-state index in [4.69, 9.17) is 10.6 Å². The number of carboxylic acids is 1. The summed E-state index contributed by atoms with van der Waals surface area (Å²) in [5, 5.41) is 29.8. The quantitative estimate of drug-likeness (QED) is 0.214. The number of rotatable bonds is 8. The zero-order valence-electron chi connectivity index (χ0n) is 15.7. The molecule has 14 nitrogen and oxygen atoms in total. The van der Waals surface area contributed by atoms with Crippen molar-refractivity contribution in [2.75, 3.05) is 17.3 Å². The number of β-lactam (4-membered cyclic amide) rings is 1. The van der Waals surface area contributed by atoms with Gasteiger partial charge in [-0.3, -0.25) is 14.5 Å². The SMILES string of the molecule is Nc1nc(/C(=N\OC2(C(=O)O)CCC2)C(=O)NC2C(=O)N(c3nn[nH]n3)C2CF)cs1. The van der Waals surface area contributed by atoms with Gasteiger partial charge in [-0.1, -0.05) is 10.3 Å². The molecule has 164 valence electrons. The summed E-state index contributed by atoms with van der Waals surface area (Å²) in [5.74, 6) is -2.90. The molecule has 5 N–H and O–H groups in total. The highest BCUT2D eigenvalue weighted by molar-refractivity contribution is 7.13. The third-order valence-corrected chi connectivity index (χ3v) is 5.73. The van der Waals surface area contributed by atoms with E-state index in [0.717, 1.165) is 16.2 Å². The van der Waals surface area contributed by atoms with Gasteiger partial charge in [0, 0.05) is 18.2 Å². The van der Waals surface area contributed by atoms with Gasteiger partial charge in [0.25, 0.3) is 17.8 Å². The van der Waals surface area contributed by atoms with Gasteiger partial charge in [0.05, 0.1) is 6.04 Å². The van der Waals surface area contributed by atoms with Gasteiger partial charge in [0.2, 0.25) is 5.60 Å². The largest absolute Gasteiger partial charge is 0.478 e. The fourth-order valence-electron chi connectivity index (χ4n) is 3.15. The Bertz CT molecular complexity index is 1040. The third kappa shape index (κ3) is 3.54. The number of nitrogens with zero attached hydrogens (tertiary/aromatic N) is 6. The first kappa shape index (κ1) is 20.6. The van der Waals surface area contributed by atoms with Crippen molar-refractivity contribution in [3.8, 4) is 0 Å². The molecule has 2 fully saturated rings. The Balaban J connectivity index is 1.54. The number of oxime groups is 1. The standard InChI is InChI=1S/C15H16FN9O5S/c16-4-7-9(11(27)25(7)14-20-23-24-21-14)19-10(26)8(6-5-31-13(17)18-6)22-30-15(12(28)29)2-1-3-15/h5,7,9H,1-4H2,(H2,17,18)(H,19,26)(H,28,29)(H,20,21,23,24)/b22-8+. The zero-order valence-corrected chi connectivity index (χ0v) is 16.5. The van der Waals surface area contributed by atoms with Crippen LogP contribution < -0.4 is 16.0 Å². The number of nitrogen functional groups attached to an aromatic ring is 1. The Labute approximate surface area is 176 Å². The van der Waals surface area contributed by atoms with E-state index in [9.17, 15) is 23.9 Å². The number of aliphatic carboxylic acids is 1. The summed E-state index contributed by atoms with van der Waals surface area (Å²) in [6.07, 6.45) is 1.09. The van der Waals surface area contributed by atoms with Crippen molar-refractivity contribution in [3.63, 3.8) is 0 Å². The van der Waals surface area contributed by atoms with E-state index >= 15 is 0 Å². The molecule has 31 heavy (non-hydrogen) atoms. The summed E-state index contributed by atoms with van der Waals surface area (Å²) in [4.78, 5) is 46.9. The molecule has 2 aromatic rings. The molecule has 0 aromatic carbocycles. The number of carbonyl (C=O) groups is 3. The van der Waals surface area contributed by atoms with Crippen LogP contribution in [0.2, 0.25) is 0 Å². The Morgan fingerprint density at radius 3 is 2.81 bits per heavy atom. The number of tetrazole rings is 1. The molecule has 2 aliphatic rings. The lowest BCUT2D eigenvalue weighted by Crippen LogP contribution is -2.72. The number of hydrogen-bond donors (Lipinski definition) is 4. The molecular formula is C15H16FN9O5S. The number of aromatic amines is 1. The van der Waals surface area contributed by atoms with E-state index in [1.165, 1.54) is 5.38 Å². The Morgan fingerprint density at radius 1 is 1.52 bits per heavy atom. The maximum absolute atomic E-state index is 13.5. The van der Waals surface area contributed by atoms with Crippen molar-refractivity contribution >= 4 is 45.9 Å². The van der Waals surface area contributed by atoms with Crippen LogP contribution in [0, 0.1) is 0 Å². The van der Waals surface area contributed by atoms with E-state index in [1.807, 2.05) is 0 Å². The molecule has 0 radical (unpaired) electrons. The minimum Gasteiger partial charge on any atom is -0.478 e. The van der Waals surface area contributed by atoms with Gasteiger partial charge >= 0.3 is 5.97 Å². The molecule has 0 spiro atoms. The van der Waals surface area contributed by atoms with E-state index < -0.39 is 42.1 Å². The number of thiazole rings is 1. The summed E-state index contributed by atoms with van der Waals surface area (Å²) < 4.78 is 13.5. The molecule has 1 saturated heterocycles. The summed E-state index contributed by atoms with van der Waals surface area (Å²) in [6, 6.07) is -2.29. The van der Waals surface area contributed by atoms with E-state index in [0.29, 0.717) is 6.42 Å². The molecule has 0 bridgehead atoms. The number of aromatic nitrogens is 5. The first-order valence-electron chi connectivity index (χ1n) is 9.00. The first-order chi connectivity index (χ1) is 14.9. The van der Waals surface area contributed by atoms with Crippen molar-refractivity contribution in [1.82, 2.24) is 30.9 Å². The lowest BCUT2D eigenvalue weighted by molar-refractivity contribution is -0.178. The highest BCUT2D eigenvalue weighted by Crippen LogP contribution is 2.36. The Morgan fingerprint density at radius 2 is 2.29 bits per heavy atom. The third-order valence-electron chi connectivity index (χ3n) is 5.06. The van der Waals surface area contributed by atoms with Gasteiger partial charge < -0.3 is 21.0 Å². The predicted octanol–water partition coefficient (Wildman–Crippen LogP) is -1.16. The van der Waals surface area contributed by atoms with Crippen molar-refractivity contribution in [3.05, 3.63) is 11.1 Å². The van der Waals surface area contributed by atoms with Crippen molar-refractivity contribution in [2.45, 2.75) is 36.9 Å². The van der Waals surface area contributed by atoms with E-state index in [1.54, 1.807) is 0 Å². The molecule has 16 heteroatoms. The Hall–Kier alpha value is -3.69. The van der Waals surface area contributed by atoms with Crippen LogP contribution in [0.1, 0.15) is 25.0 Å². The van der Waals surface area contributed by atoms with Crippen LogP contribution in [0.25, 0.3) is 0 Å². The number of alkyl halides is 1. The number of nitrogens with one attached hydrogen (secondary N) is 2. The molecule has 2 atom stereocenters. The summed E-state index contributed by atoms with van der Waals surface area (Å²) in [5.41, 5.74) is 3.72. The maximum atomic E-state index is 13.5. The molecular weight excluding hydrogens is 437 g/mol. The second-order valence-electron chi connectivity index (χ2n) is 6.85. The van der Waals surface area contributed by atoms with Crippen LogP contribution in [0.3, 0.4) is 0 Å². The number of carboxylic acid groups (broad SMARTS) is 1. The first-order valence-corrected chi connectivity index (χ1v) is 9.88. The number of halogens is 1. The minimum absolute atomic E-state index is 0.0263. The zero-order chi connectivity index (χ0) is 22.2. The molecule has 3 heterocycles. The maximum Gasteiger partial charge on any atom is 0.350 e. The van der Waals surface area contributed by atoms with Gasteiger partial charge in [-0.2, -0.15) is 5.21 Å². The van der Waals surface area contributed by atoms with Gasteiger partial charge in [-0.15, -0.1) is 16.4 Å². The molecule has 1 aliphatic heterocycles. The Kier molecular flexibility index (Phi) is 5.22. The van der Waals surface area contributed by atoms with Crippen LogP contribution in [0.4, 0.5) is 15.5 Å². The summed E-state index contributed by atoms with van der Waals surface area (Å²) in [7, 11) is 0. The van der Waals surface area contributed by atoms with Crippen LogP contribution >= 0.6 is 11.3 Å². The lowest BCUT2D eigenvalue weighted by atomic mass is 9.80. The van der Waals surface area contributed by atoms with Crippen molar-refractivity contribution in [2.24, 2.45) is 5.16 Å². The molecule has 2 aromatic heterocycles. The van der Waals surface area contributed by atoms with Gasteiger partial charge in [0.15, 0.2) is 10.8 Å². The smallest absolute Gasteiger partial charge is 0.350 e. The fraction of sp³-hybridized carbons (Fsp3) is 0.467. The highest BCUT2D eigenvalue weighted by atomic mass is 32.1. The second-order valence-corrected chi connectivity index (χ2v) is 7.74. The highest BCUT2D eigenvalue weighted by Gasteiger charge is 2.52. The van der Waals surface area contributed by atoms with Crippen LogP contribution in [0.15, 0.2) is 10.5 Å². The van der Waals surface area contributed by atoms with Crippen molar-refractivity contribution < 1.29 is 28.7 Å². The molecule has 4 rings (SSSR count). The monoisotopic (exact) mass is 453 g/mol. The number of amides is 2. The van der Waals surface area contributed by atoms with Gasteiger partial charge in [0.1, 0.15) is 18.4 Å². The normalized spacial score (nSPS) is 22.4. The number of anilines is 2. The molecule has 1 saturated carbocycles. The van der Waals surface area contributed by atoms with Gasteiger partial charge in [-0.05, 0) is 11.6 Å². The number of H-pyrrole nitrogens is 1. The van der Waals surface area contributed by atoms with E-state index in [2.05, 4.69) is 36.1 Å². The van der Waals surface area contributed by atoms with Crippen LogP contribution in [-0.4, -0.2) is 78.6 Å². The van der Waals surface area contributed by atoms with Crippen molar-refractivity contribution in [1.29, 1.82) is 0 Å². The lowest BCUT2D eigenvalue weighted by Gasteiger charge is -2.43. The predicted molar refractivity (Wildman–Crippen MR) is 102 cm³/mol. The van der Waals surface area contributed by atoms with E-state index in [-0.39, 0.29) is 35.3 Å². The molecule has 1 aliphatic carbocycles. The minimum atomic E-state index is -1.53. The second kappa shape index (κ2) is 7.86. The topological polar surface area (TPSA) is 202 Å². The number of hydrogen-bond acceptors (Lipinski definition) is 11. The molecule has 2 unspecified atom stereocenters. The van der Waals surface area contributed by atoms with Crippen LogP contribution in [0.5, 0.6) is 0 Å². The number of carbonyl (C=O) groups excluding carboxylic acids is 2.